The second kappa shape index (κ2) is 9.27. The third kappa shape index (κ3) is 4.56. The molecule has 2 aliphatic rings. The van der Waals surface area contributed by atoms with E-state index in [0.29, 0.717) is 49.1 Å². The number of halogens is 1. The summed E-state index contributed by atoms with van der Waals surface area (Å²) in [4.78, 5) is 14.5. The molecule has 0 saturated carbocycles. The fourth-order valence-electron chi connectivity index (χ4n) is 4.07. The molecule has 2 aromatic rings. The maximum atomic E-state index is 13.3. The molecule has 4 rings (SSSR count). The molecule has 0 aromatic heterocycles. The number of hydrogen-bond acceptors (Lipinski definition) is 6. The Bertz CT molecular complexity index is 1050. The average Bonchev–Trinajstić information content (AvgIpc) is 3.22. The molecule has 0 radical (unpaired) electrons. The fourth-order valence-corrected chi connectivity index (χ4v) is 5.92. The van der Waals surface area contributed by atoms with Crippen LogP contribution in [0.25, 0.3) is 0 Å². The molecule has 2 aliphatic heterocycles. The second-order valence-electron chi connectivity index (χ2n) is 7.67. The van der Waals surface area contributed by atoms with Gasteiger partial charge in [0.05, 0.1) is 18.6 Å². The summed E-state index contributed by atoms with van der Waals surface area (Å²) in [5.74, 6) is 0.994. The van der Waals surface area contributed by atoms with Crippen LogP contribution in [0.3, 0.4) is 0 Å². The summed E-state index contributed by atoms with van der Waals surface area (Å²) in [5.41, 5.74) is -0.938. The summed E-state index contributed by atoms with van der Waals surface area (Å²) in [6.07, 6.45) is 0.796. The predicted molar refractivity (Wildman–Crippen MR) is 118 cm³/mol. The Morgan fingerprint density at radius 2 is 1.66 bits per heavy atom. The van der Waals surface area contributed by atoms with Crippen LogP contribution in [0.15, 0.2) is 53.4 Å². The van der Waals surface area contributed by atoms with Crippen molar-refractivity contribution in [3.05, 3.63) is 53.6 Å². The first-order valence-electron chi connectivity index (χ1n) is 10.3. The zero-order valence-electron chi connectivity index (χ0n) is 17.7. The Balaban J connectivity index is 1.39. The van der Waals surface area contributed by atoms with Crippen molar-refractivity contribution < 1.29 is 27.4 Å². The first-order chi connectivity index (χ1) is 15.3. The molecule has 10 heteroatoms. The molecule has 1 spiro atoms. The largest absolute Gasteiger partial charge is 0.497 e. The van der Waals surface area contributed by atoms with E-state index in [9.17, 15) is 13.2 Å². The number of likely N-dealkylation sites (tertiary alicyclic amines) is 1. The van der Waals surface area contributed by atoms with Crippen molar-refractivity contribution in [1.82, 2.24) is 9.21 Å². The van der Waals surface area contributed by atoms with Gasteiger partial charge in [-0.25, -0.2) is 8.42 Å². The molecular formula is C22H25ClN2O6S. The number of amides is 1. The van der Waals surface area contributed by atoms with Crippen molar-refractivity contribution in [2.75, 3.05) is 40.0 Å². The van der Waals surface area contributed by atoms with Crippen LogP contribution in [-0.2, 0) is 19.6 Å². The van der Waals surface area contributed by atoms with Crippen LogP contribution in [0.4, 0.5) is 0 Å². The Morgan fingerprint density at radius 1 is 1.03 bits per heavy atom. The highest BCUT2D eigenvalue weighted by Crippen LogP contribution is 2.38. The highest BCUT2D eigenvalue weighted by molar-refractivity contribution is 7.89. The highest BCUT2D eigenvalue weighted by Gasteiger charge is 2.50. The molecule has 0 bridgehead atoms. The molecule has 2 aromatic carbocycles. The number of piperidine rings is 1. The van der Waals surface area contributed by atoms with Gasteiger partial charge < -0.3 is 19.1 Å². The molecule has 0 N–H and O–H groups in total. The first kappa shape index (κ1) is 22.8. The van der Waals surface area contributed by atoms with Gasteiger partial charge in [-0.2, -0.15) is 4.31 Å². The summed E-state index contributed by atoms with van der Waals surface area (Å²) in [5, 5.41) is 0.593. The molecule has 2 fully saturated rings. The smallest absolute Gasteiger partial charge is 0.260 e. The number of methoxy groups -OCH3 is 1. The van der Waals surface area contributed by atoms with E-state index >= 15 is 0 Å². The van der Waals surface area contributed by atoms with Gasteiger partial charge in [0, 0.05) is 37.5 Å². The molecule has 2 heterocycles. The lowest BCUT2D eigenvalue weighted by Crippen LogP contribution is -2.56. The minimum absolute atomic E-state index is 0.0939. The molecule has 8 nitrogen and oxygen atoms in total. The van der Waals surface area contributed by atoms with Gasteiger partial charge in [0.1, 0.15) is 17.2 Å². The van der Waals surface area contributed by atoms with Gasteiger partial charge in [-0.1, -0.05) is 11.6 Å². The van der Waals surface area contributed by atoms with Crippen molar-refractivity contribution in [3.63, 3.8) is 0 Å². The van der Waals surface area contributed by atoms with Gasteiger partial charge in [0.25, 0.3) is 5.91 Å². The fraction of sp³-hybridized carbons (Fsp3) is 0.409. The first-order valence-corrected chi connectivity index (χ1v) is 12.1. The number of carbonyl (C=O) groups is 1. The van der Waals surface area contributed by atoms with Crippen LogP contribution >= 0.6 is 11.6 Å². The maximum Gasteiger partial charge on any atom is 0.260 e. The van der Waals surface area contributed by atoms with Crippen LogP contribution in [0, 0.1) is 0 Å². The lowest BCUT2D eigenvalue weighted by atomic mass is 10.0. The normalized spacial score (nSPS) is 18.6. The summed E-state index contributed by atoms with van der Waals surface area (Å²) in [7, 11) is -2.22. The van der Waals surface area contributed by atoms with Crippen LogP contribution in [0.5, 0.6) is 11.5 Å². The van der Waals surface area contributed by atoms with Crippen molar-refractivity contribution in [2.24, 2.45) is 0 Å². The minimum atomic E-state index is -3.75. The third-order valence-electron chi connectivity index (χ3n) is 5.84. The number of rotatable bonds is 6. The number of benzene rings is 2. The molecule has 0 unspecified atom stereocenters. The topological polar surface area (TPSA) is 85.4 Å². The quantitative estimate of drug-likeness (QED) is 0.632. The monoisotopic (exact) mass is 480 g/mol. The van der Waals surface area contributed by atoms with Gasteiger partial charge >= 0.3 is 0 Å². The Labute approximate surface area is 192 Å². The molecule has 0 aliphatic carbocycles. The number of sulfonamides is 1. The molecule has 172 valence electrons. The summed E-state index contributed by atoms with van der Waals surface area (Å²) < 4.78 is 44.7. The average molecular weight is 481 g/mol. The Hall–Kier alpha value is -2.33. The minimum Gasteiger partial charge on any atom is -0.497 e. The van der Waals surface area contributed by atoms with E-state index in [4.69, 9.17) is 25.8 Å². The van der Waals surface area contributed by atoms with E-state index in [2.05, 4.69) is 0 Å². The van der Waals surface area contributed by atoms with Gasteiger partial charge in [-0.05, 0) is 48.5 Å². The SMILES string of the molecule is COc1ccc(S(=O)(=O)N2CCOC23CCN(C(=O)COc2ccc(Cl)cc2)CC3)cc1. The lowest BCUT2D eigenvalue weighted by Gasteiger charge is -2.42. The standard InChI is InChI=1S/C22H25ClN2O6S/c1-29-18-6-8-20(9-7-18)32(27,28)25-14-15-31-22(25)10-12-24(13-11-22)21(26)16-30-19-4-2-17(23)3-5-19/h2-9H,10-16H2,1H3. The third-order valence-corrected chi connectivity index (χ3v) is 8.06. The van der Waals surface area contributed by atoms with Crippen LogP contribution in [0.2, 0.25) is 5.02 Å². The van der Waals surface area contributed by atoms with Crippen molar-refractivity contribution in [1.29, 1.82) is 0 Å². The lowest BCUT2D eigenvalue weighted by molar-refractivity contribution is -0.142. The van der Waals surface area contributed by atoms with Gasteiger partial charge in [-0.3, -0.25) is 4.79 Å². The second-order valence-corrected chi connectivity index (χ2v) is 9.97. The molecule has 1 amide bonds. The van der Waals surface area contributed by atoms with Crippen molar-refractivity contribution in [3.8, 4) is 11.5 Å². The Morgan fingerprint density at radius 3 is 2.28 bits per heavy atom. The van der Waals surface area contributed by atoms with Gasteiger partial charge in [-0.15, -0.1) is 0 Å². The Kier molecular flexibility index (Phi) is 6.62. The van der Waals surface area contributed by atoms with Crippen LogP contribution in [0.1, 0.15) is 12.8 Å². The van der Waals surface area contributed by atoms with Gasteiger partial charge in [0.15, 0.2) is 6.61 Å². The predicted octanol–water partition coefficient (Wildman–Crippen LogP) is 2.77. The number of carbonyl (C=O) groups excluding carboxylic acids is 1. The van der Waals surface area contributed by atoms with Crippen LogP contribution < -0.4 is 9.47 Å². The molecular weight excluding hydrogens is 456 g/mol. The van der Waals surface area contributed by atoms with E-state index in [1.165, 1.54) is 23.5 Å². The zero-order valence-corrected chi connectivity index (χ0v) is 19.3. The van der Waals surface area contributed by atoms with E-state index in [0.717, 1.165) is 0 Å². The summed E-state index contributed by atoms with van der Waals surface area (Å²) >= 11 is 5.86. The van der Waals surface area contributed by atoms with Gasteiger partial charge in [0.2, 0.25) is 10.0 Å². The van der Waals surface area contributed by atoms with E-state index in [-0.39, 0.29) is 24.0 Å². The molecule has 2 saturated heterocycles. The number of hydrogen-bond donors (Lipinski definition) is 0. The van der Waals surface area contributed by atoms with Crippen molar-refractivity contribution >= 4 is 27.5 Å². The van der Waals surface area contributed by atoms with E-state index in [1.807, 2.05) is 0 Å². The van der Waals surface area contributed by atoms with Crippen molar-refractivity contribution in [2.45, 2.75) is 23.5 Å². The van der Waals surface area contributed by atoms with E-state index < -0.39 is 15.7 Å². The molecule has 0 atom stereocenters. The zero-order chi connectivity index (χ0) is 22.8. The highest BCUT2D eigenvalue weighted by atomic mass is 35.5. The number of ether oxygens (including phenoxy) is 3. The van der Waals surface area contributed by atoms with Crippen LogP contribution in [-0.4, -0.2) is 69.2 Å². The molecule has 32 heavy (non-hydrogen) atoms. The summed E-state index contributed by atoms with van der Waals surface area (Å²) in [6, 6.07) is 13.1. The number of nitrogens with zero attached hydrogens (tertiary/aromatic N) is 2. The summed E-state index contributed by atoms with van der Waals surface area (Å²) in [6.45, 7) is 1.28. The maximum absolute atomic E-state index is 13.3. The van der Waals surface area contributed by atoms with E-state index in [1.54, 1.807) is 41.3 Å².